The van der Waals surface area contributed by atoms with Crippen LogP contribution in [0.4, 0.5) is 11.4 Å². The molecule has 4 nitrogen and oxygen atoms in total. The van der Waals surface area contributed by atoms with Gasteiger partial charge in [-0.3, -0.25) is 9.59 Å². The van der Waals surface area contributed by atoms with Gasteiger partial charge in [-0.1, -0.05) is 35.3 Å². The van der Waals surface area contributed by atoms with Crippen molar-refractivity contribution in [2.45, 2.75) is 12.8 Å². The number of rotatable bonds is 3. The second-order valence-corrected chi connectivity index (χ2v) is 6.06. The van der Waals surface area contributed by atoms with Gasteiger partial charge < -0.3 is 10.2 Å². The van der Waals surface area contributed by atoms with Crippen molar-refractivity contribution in [2.75, 3.05) is 16.8 Å². The molecule has 0 unspecified atom stereocenters. The number of nitrogens with one attached hydrogen (secondary N) is 1. The molecule has 23 heavy (non-hydrogen) atoms. The average molecular weight is 349 g/mol. The smallest absolute Gasteiger partial charge is 0.255 e. The summed E-state index contributed by atoms with van der Waals surface area (Å²) in [5.41, 5.74) is 1.71. The molecule has 118 valence electrons. The Morgan fingerprint density at radius 1 is 1.09 bits per heavy atom. The van der Waals surface area contributed by atoms with Crippen molar-refractivity contribution in [1.82, 2.24) is 0 Å². The normalized spacial score (nSPS) is 14.2. The Morgan fingerprint density at radius 3 is 2.57 bits per heavy atom. The largest absolute Gasteiger partial charge is 0.320 e. The quantitative estimate of drug-likeness (QED) is 0.894. The van der Waals surface area contributed by atoms with E-state index in [2.05, 4.69) is 5.32 Å². The summed E-state index contributed by atoms with van der Waals surface area (Å²) in [4.78, 5) is 26.1. The lowest BCUT2D eigenvalue weighted by atomic mass is 10.2. The lowest BCUT2D eigenvalue weighted by Gasteiger charge is -2.20. The Labute approximate surface area is 144 Å². The molecule has 0 radical (unpaired) electrons. The number of halogens is 2. The maximum atomic E-state index is 12.4. The molecule has 0 spiro atoms. The molecule has 0 aliphatic carbocycles. The van der Waals surface area contributed by atoms with Crippen LogP contribution in [0.3, 0.4) is 0 Å². The molecular weight excluding hydrogens is 335 g/mol. The van der Waals surface area contributed by atoms with Crippen molar-refractivity contribution >= 4 is 46.4 Å². The Kier molecular flexibility index (Phi) is 4.55. The first-order valence-electron chi connectivity index (χ1n) is 7.22. The summed E-state index contributed by atoms with van der Waals surface area (Å²) in [7, 11) is 0. The van der Waals surface area contributed by atoms with Crippen LogP contribution in [0, 0.1) is 0 Å². The highest BCUT2D eigenvalue weighted by Gasteiger charge is 2.24. The lowest BCUT2D eigenvalue weighted by molar-refractivity contribution is -0.117. The maximum Gasteiger partial charge on any atom is 0.255 e. The zero-order valence-electron chi connectivity index (χ0n) is 12.2. The number of amides is 2. The lowest BCUT2D eigenvalue weighted by Crippen LogP contribution is -2.25. The predicted octanol–water partition coefficient (Wildman–Crippen LogP) is 4.37. The molecule has 2 aromatic carbocycles. The summed E-state index contributed by atoms with van der Waals surface area (Å²) in [6.07, 6.45) is 1.36. The van der Waals surface area contributed by atoms with E-state index >= 15 is 0 Å². The van der Waals surface area contributed by atoms with Gasteiger partial charge in [0, 0.05) is 18.5 Å². The fourth-order valence-electron chi connectivity index (χ4n) is 2.55. The van der Waals surface area contributed by atoms with Crippen LogP contribution < -0.4 is 10.2 Å². The van der Waals surface area contributed by atoms with E-state index in [4.69, 9.17) is 23.2 Å². The third-order valence-electron chi connectivity index (χ3n) is 3.70. The first kappa shape index (κ1) is 15.8. The molecule has 1 fully saturated rings. The van der Waals surface area contributed by atoms with Crippen LogP contribution >= 0.6 is 23.2 Å². The van der Waals surface area contributed by atoms with E-state index in [1.165, 1.54) is 6.07 Å². The van der Waals surface area contributed by atoms with E-state index in [9.17, 15) is 9.59 Å². The van der Waals surface area contributed by atoms with Crippen LogP contribution in [0.2, 0.25) is 10.0 Å². The van der Waals surface area contributed by atoms with Crippen molar-refractivity contribution in [2.24, 2.45) is 0 Å². The van der Waals surface area contributed by atoms with Crippen LogP contribution in [0.1, 0.15) is 23.2 Å². The molecule has 2 aromatic rings. The number of nitrogens with zero attached hydrogens (tertiary/aromatic N) is 1. The molecule has 6 heteroatoms. The predicted molar refractivity (Wildman–Crippen MR) is 92.4 cm³/mol. The van der Waals surface area contributed by atoms with Gasteiger partial charge in [0.05, 0.1) is 21.4 Å². The van der Waals surface area contributed by atoms with Gasteiger partial charge in [0.1, 0.15) is 0 Å². The van der Waals surface area contributed by atoms with Gasteiger partial charge in [-0.2, -0.15) is 0 Å². The summed E-state index contributed by atoms with van der Waals surface area (Å²) in [6.45, 7) is 0.665. The zero-order chi connectivity index (χ0) is 16.4. The summed E-state index contributed by atoms with van der Waals surface area (Å²) in [5, 5.41) is 3.55. The topological polar surface area (TPSA) is 49.4 Å². The summed E-state index contributed by atoms with van der Waals surface area (Å²) < 4.78 is 0. The van der Waals surface area contributed by atoms with Crippen molar-refractivity contribution in [1.29, 1.82) is 0 Å². The number of carbonyl (C=O) groups is 2. The molecule has 1 N–H and O–H groups in total. The van der Waals surface area contributed by atoms with Gasteiger partial charge in [0.15, 0.2) is 0 Å². The van der Waals surface area contributed by atoms with Crippen molar-refractivity contribution < 1.29 is 9.59 Å². The monoisotopic (exact) mass is 348 g/mol. The number of anilines is 2. The van der Waals surface area contributed by atoms with Crippen molar-refractivity contribution in [3.05, 3.63) is 58.1 Å². The van der Waals surface area contributed by atoms with Gasteiger partial charge in [-0.25, -0.2) is 0 Å². The third-order valence-corrected chi connectivity index (χ3v) is 4.44. The number of benzene rings is 2. The van der Waals surface area contributed by atoms with E-state index in [1.807, 2.05) is 18.2 Å². The molecular formula is C17H14Cl2N2O2. The minimum Gasteiger partial charge on any atom is -0.320 e. The van der Waals surface area contributed by atoms with Crippen molar-refractivity contribution in [3.8, 4) is 0 Å². The molecule has 2 amide bonds. The molecule has 1 heterocycles. The van der Waals surface area contributed by atoms with Gasteiger partial charge in [-0.05, 0) is 36.8 Å². The summed E-state index contributed by atoms with van der Waals surface area (Å²) >= 11 is 11.8. The minimum atomic E-state index is -0.303. The maximum absolute atomic E-state index is 12.4. The average Bonchev–Trinajstić information content (AvgIpc) is 2.96. The molecule has 0 bridgehead atoms. The second kappa shape index (κ2) is 6.60. The van der Waals surface area contributed by atoms with E-state index in [0.717, 1.165) is 6.42 Å². The van der Waals surface area contributed by atoms with E-state index in [1.54, 1.807) is 23.1 Å². The standard InChI is InChI=1S/C17H14Cl2N2O2/c18-12-8-7-11(10-13(12)19)17(23)20-14-4-1-2-5-15(14)21-9-3-6-16(21)22/h1-2,4-5,7-8,10H,3,6,9H2,(H,20,23). The summed E-state index contributed by atoms with van der Waals surface area (Å²) in [5.74, 6) is -0.233. The number of hydrogen-bond acceptors (Lipinski definition) is 2. The van der Waals surface area contributed by atoms with Crippen LogP contribution in [0.25, 0.3) is 0 Å². The number of hydrogen-bond donors (Lipinski definition) is 1. The van der Waals surface area contributed by atoms with Gasteiger partial charge >= 0.3 is 0 Å². The Morgan fingerprint density at radius 2 is 1.87 bits per heavy atom. The van der Waals surface area contributed by atoms with E-state index < -0.39 is 0 Å². The highest BCUT2D eigenvalue weighted by Crippen LogP contribution is 2.30. The zero-order valence-corrected chi connectivity index (χ0v) is 13.7. The first-order valence-corrected chi connectivity index (χ1v) is 7.97. The van der Waals surface area contributed by atoms with Crippen LogP contribution in [0.5, 0.6) is 0 Å². The van der Waals surface area contributed by atoms with Crippen LogP contribution in [-0.2, 0) is 4.79 Å². The van der Waals surface area contributed by atoms with E-state index in [-0.39, 0.29) is 11.8 Å². The van der Waals surface area contributed by atoms with Crippen LogP contribution in [0.15, 0.2) is 42.5 Å². The van der Waals surface area contributed by atoms with E-state index in [0.29, 0.717) is 39.9 Å². The number of carbonyl (C=O) groups excluding carboxylic acids is 2. The summed E-state index contributed by atoms with van der Waals surface area (Å²) in [6, 6.07) is 12.0. The van der Waals surface area contributed by atoms with Gasteiger partial charge in [-0.15, -0.1) is 0 Å². The molecule has 1 aliphatic heterocycles. The third kappa shape index (κ3) is 3.33. The molecule has 0 saturated carbocycles. The molecule has 0 atom stereocenters. The molecule has 1 aliphatic rings. The molecule has 0 aromatic heterocycles. The van der Waals surface area contributed by atoms with Crippen LogP contribution in [-0.4, -0.2) is 18.4 Å². The number of para-hydroxylation sites is 2. The minimum absolute atomic E-state index is 0.0706. The second-order valence-electron chi connectivity index (χ2n) is 5.25. The SMILES string of the molecule is O=C(Nc1ccccc1N1CCCC1=O)c1ccc(Cl)c(Cl)c1. The molecule has 3 rings (SSSR count). The highest BCUT2D eigenvalue weighted by atomic mass is 35.5. The Balaban J connectivity index is 1.86. The fourth-order valence-corrected chi connectivity index (χ4v) is 2.85. The van der Waals surface area contributed by atoms with Crippen molar-refractivity contribution in [3.63, 3.8) is 0 Å². The van der Waals surface area contributed by atoms with Gasteiger partial charge in [0.2, 0.25) is 5.91 Å². The molecule has 1 saturated heterocycles. The Hall–Kier alpha value is -2.04. The first-order chi connectivity index (χ1) is 11.1. The van der Waals surface area contributed by atoms with Gasteiger partial charge in [0.25, 0.3) is 5.91 Å². The fraction of sp³-hybridized carbons (Fsp3) is 0.176. The highest BCUT2D eigenvalue weighted by molar-refractivity contribution is 6.42. The Bertz CT molecular complexity index is 777.